The summed E-state index contributed by atoms with van der Waals surface area (Å²) in [6.07, 6.45) is -3.31. The van der Waals surface area contributed by atoms with Crippen LogP contribution in [0.2, 0.25) is 0 Å². The van der Waals surface area contributed by atoms with Crippen LogP contribution in [0, 0.1) is 0 Å². The normalized spacial score (nSPS) is 21.1. The average Bonchev–Trinajstić information content (AvgIpc) is 3.37. The molecule has 1 aliphatic rings. The van der Waals surface area contributed by atoms with Crippen LogP contribution >= 0.6 is 0 Å². The quantitative estimate of drug-likeness (QED) is 0.260. The SMILES string of the molecule is COc1ccc(C(c2ccccc2)(c2ccc(OC)cc2)C(O)[C@H]2O[C@@H](n3ccc(=O)[nH]c3=O)C[C@@]2(O)C(C)=O)cc1. The number of ketones is 1. The van der Waals surface area contributed by atoms with Crippen LogP contribution in [-0.4, -0.2) is 57.6 Å². The number of ether oxygens (including phenoxy) is 3. The monoisotopic (exact) mass is 572 g/mol. The van der Waals surface area contributed by atoms with Crippen molar-refractivity contribution in [2.45, 2.75) is 42.8 Å². The number of hydrogen-bond acceptors (Lipinski definition) is 8. The fourth-order valence-corrected chi connectivity index (χ4v) is 5.86. The van der Waals surface area contributed by atoms with Crippen molar-refractivity contribution in [3.8, 4) is 11.5 Å². The molecular formula is C32H32N2O8. The van der Waals surface area contributed by atoms with Gasteiger partial charge in [-0.25, -0.2) is 4.79 Å². The predicted molar refractivity (Wildman–Crippen MR) is 154 cm³/mol. The number of carbonyl (C=O) groups is 1. The molecule has 42 heavy (non-hydrogen) atoms. The van der Waals surface area contributed by atoms with Crippen LogP contribution in [0.25, 0.3) is 0 Å². The first-order valence-corrected chi connectivity index (χ1v) is 13.4. The smallest absolute Gasteiger partial charge is 0.330 e. The Hall–Kier alpha value is -4.51. The van der Waals surface area contributed by atoms with Gasteiger partial charge >= 0.3 is 5.69 Å². The molecule has 1 saturated heterocycles. The van der Waals surface area contributed by atoms with Gasteiger partial charge in [-0.15, -0.1) is 0 Å². The van der Waals surface area contributed by atoms with E-state index in [1.54, 1.807) is 38.5 Å². The number of carbonyl (C=O) groups excluding carboxylic acids is 1. The van der Waals surface area contributed by atoms with Gasteiger partial charge in [0.25, 0.3) is 5.56 Å². The van der Waals surface area contributed by atoms with Crippen LogP contribution in [0.5, 0.6) is 11.5 Å². The molecule has 1 unspecified atom stereocenters. The molecule has 3 N–H and O–H groups in total. The molecule has 4 atom stereocenters. The minimum Gasteiger partial charge on any atom is -0.497 e. The first-order chi connectivity index (χ1) is 20.1. The highest BCUT2D eigenvalue weighted by Crippen LogP contribution is 2.49. The van der Waals surface area contributed by atoms with E-state index in [1.807, 2.05) is 54.6 Å². The summed E-state index contributed by atoms with van der Waals surface area (Å²) < 4.78 is 18.1. The van der Waals surface area contributed by atoms with E-state index in [-0.39, 0.29) is 6.42 Å². The van der Waals surface area contributed by atoms with Gasteiger partial charge in [0.05, 0.1) is 19.6 Å². The van der Waals surface area contributed by atoms with Gasteiger partial charge in [-0.05, 0) is 47.9 Å². The summed E-state index contributed by atoms with van der Waals surface area (Å²) in [7, 11) is 3.10. The lowest BCUT2D eigenvalue weighted by Crippen LogP contribution is -2.58. The second-order valence-corrected chi connectivity index (χ2v) is 10.3. The minimum atomic E-state index is -2.18. The summed E-state index contributed by atoms with van der Waals surface area (Å²) in [6.45, 7) is 1.21. The van der Waals surface area contributed by atoms with Crippen LogP contribution < -0.4 is 20.7 Å². The zero-order valence-corrected chi connectivity index (χ0v) is 23.4. The summed E-state index contributed by atoms with van der Waals surface area (Å²) >= 11 is 0. The van der Waals surface area contributed by atoms with Crippen molar-refractivity contribution in [1.82, 2.24) is 9.55 Å². The number of Topliss-reactive ketones (excluding diaryl/α,β-unsaturated/α-hetero) is 1. The maximum atomic E-state index is 13.1. The molecule has 3 aromatic carbocycles. The standard InChI is InChI=1S/C32H32N2O8/c1-20(35)31(39)19-27(34-18-17-26(36)33-30(34)38)42-29(31)28(37)32(21-7-5-4-6-8-21,22-9-13-24(40-2)14-10-22)23-11-15-25(41-3)16-12-23/h4-18,27-29,37,39H,19H2,1-3H3,(H,33,36,38)/t27-,28?,29-,31-/m1/s1. The molecule has 0 bridgehead atoms. The second-order valence-electron chi connectivity index (χ2n) is 10.3. The zero-order chi connectivity index (χ0) is 30.1. The Morgan fingerprint density at radius 2 is 1.45 bits per heavy atom. The fraction of sp³-hybridized carbons (Fsp3) is 0.281. The Morgan fingerprint density at radius 3 is 1.93 bits per heavy atom. The Labute approximate surface area is 241 Å². The van der Waals surface area contributed by atoms with E-state index in [0.717, 1.165) is 10.6 Å². The number of aromatic nitrogens is 2. The number of methoxy groups -OCH3 is 2. The van der Waals surface area contributed by atoms with Gasteiger partial charge in [0, 0.05) is 18.7 Å². The largest absolute Gasteiger partial charge is 0.497 e. The van der Waals surface area contributed by atoms with E-state index in [0.29, 0.717) is 28.2 Å². The summed E-state index contributed by atoms with van der Waals surface area (Å²) in [6, 6.07) is 24.6. The van der Waals surface area contributed by atoms with Crippen LogP contribution in [-0.2, 0) is 14.9 Å². The third-order valence-corrected chi connectivity index (χ3v) is 8.08. The van der Waals surface area contributed by atoms with E-state index in [9.17, 15) is 24.6 Å². The maximum absolute atomic E-state index is 13.1. The van der Waals surface area contributed by atoms with Crippen molar-refractivity contribution in [2.75, 3.05) is 14.2 Å². The molecule has 1 fully saturated rings. The van der Waals surface area contributed by atoms with Gasteiger partial charge in [-0.3, -0.25) is 19.1 Å². The van der Waals surface area contributed by atoms with Crippen molar-refractivity contribution in [2.24, 2.45) is 0 Å². The van der Waals surface area contributed by atoms with Crippen molar-refractivity contribution in [1.29, 1.82) is 0 Å². The van der Waals surface area contributed by atoms with Crippen LogP contribution in [0.4, 0.5) is 0 Å². The summed E-state index contributed by atoms with van der Waals surface area (Å²) in [4.78, 5) is 39.6. The highest BCUT2D eigenvalue weighted by Gasteiger charge is 2.60. The molecule has 0 saturated carbocycles. The first kappa shape index (κ1) is 29.0. The number of rotatable bonds is 9. The van der Waals surface area contributed by atoms with Crippen molar-refractivity contribution < 1.29 is 29.2 Å². The number of nitrogens with one attached hydrogen (secondary N) is 1. The molecule has 1 aliphatic heterocycles. The van der Waals surface area contributed by atoms with E-state index >= 15 is 0 Å². The molecule has 4 aromatic rings. The number of aromatic amines is 1. The van der Waals surface area contributed by atoms with E-state index in [4.69, 9.17) is 14.2 Å². The van der Waals surface area contributed by atoms with Gasteiger partial charge in [0.15, 0.2) is 11.4 Å². The first-order valence-electron chi connectivity index (χ1n) is 13.4. The van der Waals surface area contributed by atoms with Crippen molar-refractivity contribution in [3.63, 3.8) is 0 Å². The van der Waals surface area contributed by atoms with Gasteiger partial charge in [0.1, 0.15) is 29.9 Å². The highest BCUT2D eigenvalue weighted by atomic mass is 16.6. The highest BCUT2D eigenvalue weighted by molar-refractivity contribution is 5.86. The third kappa shape index (κ3) is 4.83. The topological polar surface area (TPSA) is 140 Å². The molecule has 218 valence electrons. The number of aliphatic hydroxyl groups is 2. The lowest BCUT2D eigenvalue weighted by molar-refractivity contribution is -0.156. The molecule has 0 spiro atoms. The average molecular weight is 573 g/mol. The third-order valence-electron chi connectivity index (χ3n) is 8.08. The van der Waals surface area contributed by atoms with Gasteiger partial charge in [-0.1, -0.05) is 54.6 Å². The van der Waals surface area contributed by atoms with Crippen molar-refractivity contribution >= 4 is 5.78 Å². The number of hydrogen-bond donors (Lipinski definition) is 3. The molecule has 0 amide bonds. The molecule has 10 heteroatoms. The Bertz CT molecular complexity index is 1620. The van der Waals surface area contributed by atoms with Crippen LogP contribution in [0.1, 0.15) is 36.3 Å². The molecule has 0 aliphatic carbocycles. The minimum absolute atomic E-state index is 0.327. The van der Waals surface area contributed by atoms with Gasteiger partial charge in [-0.2, -0.15) is 0 Å². The molecule has 5 rings (SSSR count). The number of aliphatic hydroxyl groups excluding tert-OH is 1. The zero-order valence-electron chi connectivity index (χ0n) is 23.4. The fourth-order valence-electron chi connectivity index (χ4n) is 5.86. The lowest BCUT2D eigenvalue weighted by Gasteiger charge is -2.44. The second kappa shape index (κ2) is 11.4. The van der Waals surface area contributed by atoms with Gasteiger partial charge in [0.2, 0.25) is 0 Å². The van der Waals surface area contributed by atoms with E-state index < -0.39 is 46.5 Å². The number of H-pyrrole nitrogens is 1. The maximum Gasteiger partial charge on any atom is 0.330 e. The van der Waals surface area contributed by atoms with Crippen LogP contribution in [0.3, 0.4) is 0 Å². The molecule has 2 heterocycles. The summed E-state index contributed by atoms with van der Waals surface area (Å²) in [5, 5.41) is 24.5. The van der Waals surface area contributed by atoms with Crippen molar-refractivity contribution in [3.05, 3.63) is 129 Å². The Kier molecular flexibility index (Phi) is 7.87. The van der Waals surface area contributed by atoms with E-state index in [1.165, 1.54) is 13.1 Å². The van der Waals surface area contributed by atoms with E-state index in [2.05, 4.69) is 4.98 Å². The summed E-state index contributed by atoms with van der Waals surface area (Å²) in [5.74, 6) is 0.553. The molecule has 0 radical (unpaired) electrons. The number of benzene rings is 3. The number of nitrogens with zero attached hydrogens (tertiary/aromatic N) is 1. The molecular weight excluding hydrogens is 540 g/mol. The van der Waals surface area contributed by atoms with Gasteiger partial charge < -0.3 is 24.4 Å². The summed E-state index contributed by atoms with van der Waals surface area (Å²) in [5.41, 5.74) is -3.02. The lowest BCUT2D eigenvalue weighted by atomic mass is 9.62. The molecule has 1 aromatic heterocycles. The predicted octanol–water partition coefficient (Wildman–Crippen LogP) is 2.56. The van der Waals surface area contributed by atoms with Crippen LogP contribution in [0.15, 0.2) is 101 Å². The Balaban J connectivity index is 1.76. The Morgan fingerprint density at radius 1 is 0.929 bits per heavy atom. The molecule has 10 nitrogen and oxygen atoms in total.